The van der Waals surface area contributed by atoms with Crippen molar-refractivity contribution < 1.29 is 9.53 Å². The summed E-state index contributed by atoms with van der Waals surface area (Å²) >= 11 is 0. The Kier molecular flexibility index (Phi) is 6.08. The van der Waals surface area contributed by atoms with Gasteiger partial charge in [0, 0.05) is 44.5 Å². The SMILES string of the molecule is COc1cccc(NC(=O)CN2CCN(Cc3cccc4ccccc34)CC2)c1. The molecular formula is C24H27N3O2. The quantitative estimate of drug-likeness (QED) is 0.700. The van der Waals surface area contributed by atoms with Crippen LogP contribution < -0.4 is 10.1 Å². The highest BCUT2D eigenvalue weighted by Crippen LogP contribution is 2.21. The molecule has 0 aliphatic carbocycles. The van der Waals surface area contributed by atoms with E-state index in [1.54, 1.807) is 7.11 Å². The molecule has 1 N–H and O–H groups in total. The molecule has 1 fully saturated rings. The molecule has 0 bridgehead atoms. The van der Waals surface area contributed by atoms with E-state index in [1.165, 1.54) is 16.3 Å². The van der Waals surface area contributed by atoms with Crippen molar-refractivity contribution >= 4 is 22.4 Å². The Labute approximate surface area is 171 Å². The van der Waals surface area contributed by atoms with Gasteiger partial charge in [0.25, 0.3) is 0 Å². The van der Waals surface area contributed by atoms with Gasteiger partial charge in [-0.3, -0.25) is 14.6 Å². The van der Waals surface area contributed by atoms with Crippen LogP contribution >= 0.6 is 0 Å². The van der Waals surface area contributed by atoms with Crippen LogP contribution in [0.1, 0.15) is 5.56 Å². The summed E-state index contributed by atoms with van der Waals surface area (Å²) in [6.45, 7) is 5.10. The molecule has 0 saturated carbocycles. The number of hydrogen-bond acceptors (Lipinski definition) is 4. The summed E-state index contributed by atoms with van der Waals surface area (Å²) < 4.78 is 5.21. The first kappa shape index (κ1) is 19.4. The second kappa shape index (κ2) is 9.07. The summed E-state index contributed by atoms with van der Waals surface area (Å²) in [4.78, 5) is 17.1. The normalized spacial score (nSPS) is 15.3. The maximum atomic E-state index is 12.4. The number of amides is 1. The second-order valence-electron chi connectivity index (χ2n) is 7.47. The third-order valence-corrected chi connectivity index (χ3v) is 5.46. The Morgan fingerprint density at radius 3 is 2.48 bits per heavy atom. The molecule has 1 heterocycles. The molecule has 5 nitrogen and oxygen atoms in total. The maximum Gasteiger partial charge on any atom is 0.238 e. The largest absolute Gasteiger partial charge is 0.497 e. The topological polar surface area (TPSA) is 44.8 Å². The minimum absolute atomic E-state index is 0.0146. The third-order valence-electron chi connectivity index (χ3n) is 5.46. The summed E-state index contributed by atoms with van der Waals surface area (Å²) in [7, 11) is 1.62. The fourth-order valence-electron chi connectivity index (χ4n) is 3.88. The number of fused-ring (bicyclic) bond motifs is 1. The fourth-order valence-corrected chi connectivity index (χ4v) is 3.88. The lowest BCUT2D eigenvalue weighted by atomic mass is 10.0. The van der Waals surface area contributed by atoms with E-state index in [2.05, 4.69) is 57.6 Å². The molecular weight excluding hydrogens is 362 g/mol. The molecule has 29 heavy (non-hydrogen) atoms. The molecule has 1 aliphatic heterocycles. The van der Waals surface area contributed by atoms with Gasteiger partial charge in [-0.15, -0.1) is 0 Å². The van der Waals surface area contributed by atoms with E-state index >= 15 is 0 Å². The van der Waals surface area contributed by atoms with Crippen LogP contribution in [0.3, 0.4) is 0 Å². The van der Waals surface area contributed by atoms with Gasteiger partial charge < -0.3 is 10.1 Å². The molecule has 0 atom stereocenters. The Morgan fingerprint density at radius 1 is 0.931 bits per heavy atom. The van der Waals surface area contributed by atoms with Gasteiger partial charge in [0.1, 0.15) is 5.75 Å². The Hall–Kier alpha value is -2.89. The van der Waals surface area contributed by atoms with E-state index in [1.807, 2.05) is 24.3 Å². The molecule has 5 heteroatoms. The number of hydrogen-bond donors (Lipinski definition) is 1. The highest BCUT2D eigenvalue weighted by Gasteiger charge is 2.19. The van der Waals surface area contributed by atoms with Crippen molar-refractivity contribution in [2.45, 2.75) is 6.54 Å². The lowest BCUT2D eigenvalue weighted by Crippen LogP contribution is -2.48. The molecule has 0 spiro atoms. The molecule has 150 valence electrons. The second-order valence-corrected chi connectivity index (χ2v) is 7.47. The monoisotopic (exact) mass is 389 g/mol. The number of ether oxygens (including phenoxy) is 1. The summed E-state index contributed by atoms with van der Waals surface area (Å²) in [5.74, 6) is 0.755. The number of nitrogens with one attached hydrogen (secondary N) is 1. The van der Waals surface area contributed by atoms with Crippen LogP contribution in [0.2, 0.25) is 0 Å². The van der Waals surface area contributed by atoms with E-state index in [0.717, 1.165) is 44.2 Å². The van der Waals surface area contributed by atoms with Crippen molar-refractivity contribution in [3.8, 4) is 5.75 Å². The molecule has 0 aromatic heterocycles. The van der Waals surface area contributed by atoms with E-state index in [9.17, 15) is 4.79 Å². The zero-order valence-electron chi connectivity index (χ0n) is 16.8. The van der Waals surface area contributed by atoms with E-state index < -0.39 is 0 Å². The minimum Gasteiger partial charge on any atom is -0.497 e. The van der Waals surface area contributed by atoms with Crippen LogP contribution in [-0.4, -0.2) is 55.5 Å². The first-order valence-electron chi connectivity index (χ1n) is 10.1. The molecule has 3 aromatic rings. The van der Waals surface area contributed by atoms with Crippen molar-refractivity contribution in [2.24, 2.45) is 0 Å². The minimum atomic E-state index is 0.0146. The number of piperazine rings is 1. The lowest BCUT2D eigenvalue weighted by molar-refractivity contribution is -0.117. The Balaban J connectivity index is 1.28. The van der Waals surface area contributed by atoms with Crippen molar-refractivity contribution in [1.29, 1.82) is 0 Å². The van der Waals surface area contributed by atoms with Crippen LogP contribution in [0, 0.1) is 0 Å². The van der Waals surface area contributed by atoms with Gasteiger partial charge in [-0.05, 0) is 28.5 Å². The number of carbonyl (C=O) groups excluding carboxylic acids is 1. The Morgan fingerprint density at radius 2 is 1.66 bits per heavy atom. The molecule has 3 aromatic carbocycles. The van der Waals surface area contributed by atoms with E-state index in [-0.39, 0.29) is 5.91 Å². The van der Waals surface area contributed by atoms with E-state index in [4.69, 9.17) is 4.74 Å². The average molecular weight is 389 g/mol. The molecule has 1 saturated heterocycles. The summed E-state index contributed by atoms with van der Waals surface area (Å²) in [5, 5.41) is 5.58. The van der Waals surface area contributed by atoms with Crippen molar-refractivity contribution in [2.75, 3.05) is 45.2 Å². The zero-order valence-corrected chi connectivity index (χ0v) is 16.8. The van der Waals surface area contributed by atoms with Gasteiger partial charge >= 0.3 is 0 Å². The van der Waals surface area contributed by atoms with Gasteiger partial charge in [0.15, 0.2) is 0 Å². The van der Waals surface area contributed by atoms with Crippen LogP contribution in [0.15, 0.2) is 66.7 Å². The van der Waals surface area contributed by atoms with Gasteiger partial charge in [0.05, 0.1) is 13.7 Å². The average Bonchev–Trinajstić information content (AvgIpc) is 2.75. The van der Waals surface area contributed by atoms with Crippen LogP contribution in [0.4, 0.5) is 5.69 Å². The van der Waals surface area contributed by atoms with Crippen molar-refractivity contribution in [3.63, 3.8) is 0 Å². The number of carbonyl (C=O) groups is 1. The smallest absolute Gasteiger partial charge is 0.238 e. The number of methoxy groups -OCH3 is 1. The van der Waals surface area contributed by atoms with Crippen LogP contribution in [0.5, 0.6) is 5.75 Å². The first-order chi connectivity index (χ1) is 14.2. The number of anilines is 1. The van der Waals surface area contributed by atoms with Crippen LogP contribution in [-0.2, 0) is 11.3 Å². The number of nitrogens with zero attached hydrogens (tertiary/aromatic N) is 2. The fraction of sp³-hybridized carbons (Fsp3) is 0.292. The summed E-state index contributed by atoms with van der Waals surface area (Å²) in [6.07, 6.45) is 0. The number of rotatable bonds is 6. The molecule has 0 unspecified atom stereocenters. The van der Waals surface area contributed by atoms with Gasteiger partial charge in [-0.25, -0.2) is 0 Å². The predicted octanol–water partition coefficient (Wildman–Crippen LogP) is 3.60. The molecule has 1 amide bonds. The number of benzene rings is 3. The zero-order chi connectivity index (χ0) is 20.1. The first-order valence-corrected chi connectivity index (χ1v) is 10.1. The van der Waals surface area contributed by atoms with Gasteiger partial charge in [-0.2, -0.15) is 0 Å². The highest BCUT2D eigenvalue weighted by molar-refractivity contribution is 5.92. The standard InChI is InChI=1S/C24H27N3O2/c1-29-22-10-5-9-21(16-22)25-24(28)18-27-14-12-26(13-15-27)17-20-8-4-7-19-6-2-3-11-23(19)20/h2-11,16H,12-15,17-18H2,1H3,(H,25,28). The molecule has 1 aliphatic rings. The lowest BCUT2D eigenvalue weighted by Gasteiger charge is -2.34. The molecule has 0 radical (unpaired) electrons. The van der Waals surface area contributed by atoms with Crippen molar-refractivity contribution in [1.82, 2.24) is 9.80 Å². The summed E-state index contributed by atoms with van der Waals surface area (Å²) in [6, 6.07) is 22.5. The predicted molar refractivity (Wildman–Crippen MR) is 117 cm³/mol. The third kappa shape index (κ3) is 4.94. The van der Waals surface area contributed by atoms with Gasteiger partial charge in [0.2, 0.25) is 5.91 Å². The summed E-state index contributed by atoms with van der Waals surface area (Å²) in [5.41, 5.74) is 2.14. The maximum absolute atomic E-state index is 12.4. The van der Waals surface area contributed by atoms with E-state index in [0.29, 0.717) is 6.54 Å². The Bertz CT molecular complexity index is 975. The van der Waals surface area contributed by atoms with Gasteiger partial charge in [-0.1, -0.05) is 48.5 Å². The van der Waals surface area contributed by atoms with Crippen molar-refractivity contribution in [3.05, 3.63) is 72.3 Å². The highest BCUT2D eigenvalue weighted by atomic mass is 16.5. The molecule has 4 rings (SSSR count). The van der Waals surface area contributed by atoms with Crippen LogP contribution in [0.25, 0.3) is 10.8 Å².